The highest BCUT2D eigenvalue weighted by Gasteiger charge is 2.12. The number of hydrogen-bond acceptors (Lipinski definition) is 4. The fraction of sp³-hybridized carbons (Fsp3) is 0.167. The van der Waals surface area contributed by atoms with Crippen LogP contribution in [0.1, 0.15) is 24.4 Å². The van der Waals surface area contributed by atoms with Crippen LogP contribution in [-0.2, 0) is 6.54 Å². The van der Waals surface area contributed by atoms with Crippen LogP contribution in [0.3, 0.4) is 0 Å². The molecule has 5 nitrogen and oxygen atoms in total. The number of fused-ring (bicyclic) bond motifs is 2. The summed E-state index contributed by atoms with van der Waals surface area (Å²) < 4.78 is 2.01. The Labute approximate surface area is 134 Å². The van der Waals surface area contributed by atoms with Gasteiger partial charge in [0.05, 0.1) is 11.6 Å². The van der Waals surface area contributed by atoms with Crippen LogP contribution in [0.15, 0.2) is 60.9 Å². The highest BCUT2D eigenvalue weighted by molar-refractivity contribution is 5.78. The molecule has 3 aromatic heterocycles. The van der Waals surface area contributed by atoms with Crippen molar-refractivity contribution < 1.29 is 0 Å². The summed E-state index contributed by atoms with van der Waals surface area (Å²) in [7, 11) is 0. The summed E-state index contributed by atoms with van der Waals surface area (Å²) in [5.41, 5.74) is 3.09. The first-order valence-electron chi connectivity index (χ1n) is 7.68. The van der Waals surface area contributed by atoms with E-state index in [-0.39, 0.29) is 6.04 Å². The van der Waals surface area contributed by atoms with Crippen molar-refractivity contribution in [2.75, 3.05) is 0 Å². The lowest BCUT2D eigenvalue weighted by Crippen LogP contribution is -2.20. The Morgan fingerprint density at radius 3 is 3.00 bits per heavy atom. The first-order valence-corrected chi connectivity index (χ1v) is 7.68. The van der Waals surface area contributed by atoms with Crippen molar-refractivity contribution in [3.8, 4) is 0 Å². The molecule has 3 heterocycles. The van der Waals surface area contributed by atoms with Crippen LogP contribution in [0.25, 0.3) is 16.6 Å². The molecule has 1 N–H and O–H groups in total. The zero-order valence-corrected chi connectivity index (χ0v) is 12.8. The van der Waals surface area contributed by atoms with Crippen molar-refractivity contribution in [3.05, 3.63) is 72.3 Å². The largest absolute Gasteiger partial charge is 0.303 e. The Kier molecular flexibility index (Phi) is 3.48. The van der Waals surface area contributed by atoms with Crippen LogP contribution >= 0.6 is 0 Å². The van der Waals surface area contributed by atoms with Gasteiger partial charge in [-0.1, -0.05) is 24.3 Å². The van der Waals surface area contributed by atoms with E-state index in [0.29, 0.717) is 0 Å². The number of nitrogens with one attached hydrogen (secondary N) is 1. The normalized spacial score (nSPS) is 12.7. The van der Waals surface area contributed by atoms with Crippen molar-refractivity contribution in [2.24, 2.45) is 0 Å². The van der Waals surface area contributed by atoms with Gasteiger partial charge in [-0.05, 0) is 36.8 Å². The summed E-state index contributed by atoms with van der Waals surface area (Å²) in [5, 5.41) is 13.2. The molecule has 1 unspecified atom stereocenters. The SMILES string of the molecule is CC(NCc1ccc2cccnc2c1)c1nnc2ccccn12. The van der Waals surface area contributed by atoms with E-state index in [4.69, 9.17) is 0 Å². The lowest BCUT2D eigenvalue weighted by Gasteiger charge is -2.12. The fourth-order valence-corrected chi connectivity index (χ4v) is 2.74. The molecule has 0 bridgehead atoms. The molecule has 4 aromatic rings. The molecule has 4 rings (SSSR count). The number of nitrogens with zero attached hydrogens (tertiary/aromatic N) is 4. The van der Waals surface area contributed by atoms with Gasteiger partial charge >= 0.3 is 0 Å². The van der Waals surface area contributed by atoms with E-state index in [0.717, 1.165) is 28.9 Å². The second-order valence-corrected chi connectivity index (χ2v) is 5.62. The zero-order valence-electron chi connectivity index (χ0n) is 12.8. The summed E-state index contributed by atoms with van der Waals surface area (Å²) in [5.74, 6) is 0.916. The Bertz CT molecular complexity index is 960. The fourth-order valence-electron chi connectivity index (χ4n) is 2.74. The smallest absolute Gasteiger partial charge is 0.160 e. The molecule has 0 spiro atoms. The Morgan fingerprint density at radius 1 is 1.09 bits per heavy atom. The lowest BCUT2D eigenvalue weighted by molar-refractivity contribution is 0.542. The van der Waals surface area contributed by atoms with Crippen LogP contribution in [0.2, 0.25) is 0 Å². The van der Waals surface area contributed by atoms with Gasteiger partial charge in [0.25, 0.3) is 0 Å². The van der Waals surface area contributed by atoms with Crippen LogP contribution in [0.4, 0.5) is 0 Å². The molecular formula is C18H17N5. The molecule has 0 aliphatic carbocycles. The molecule has 0 radical (unpaired) electrons. The zero-order chi connectivity index (χ0) is 15.6. The molecule has 0 saturated heterocycles. The molecular weight excluding hydrogens is 286 g/mol. The molecule has 0 aliphatic rings. The number of pyridine rings is 2. The van der Waals surface area contributed by atoms with Gasteiger partial charge < -0.3 is 5.32 Å². The molecule has 0 aliphatic heterocycles. The molecule has 1 aromatic carbocycles. The number of hydrogen-bond donors (Lipinski definition) is 1. The topological polar surface area (TPSA) is 55.1 Å². The second kappa shape index (κ2) is 5.78. The first-order chi connectivity index (χ1) is 11.3. The third-order valence-corrected chi connectivity index (χ3v) is 4.01. The monoisotopic (exact) mass is 303 g/mol. The van der Waals surface area contributed by atoms with Gasteiger partial charge in [0, 0.05) is 24.3 Å². The van der Waals surface area contributed by atoms with Crippen LogP contribution < -0.4 is 5.32 Å². The van der Waals surface area contributed by atoms with E-state index in [1.807, 2.05) is 41.1 Å². The van der Waals surface area contributed by atoms with E-state index in [1.165, 1.54) is 5.56 Å². The van der Waals surface area contributed by atoms with E-state index in [9.17, 15) is 0 Å². The molecule has 23 heavy (non-hydrogen) atoms. The first kappa shape index (κ1) is 13.8. The minimum Gasteiger partial charge on any atom is -0.303 e. The predicted octanol–water partition coefficient (Wildman–Crippen LogP) is 3.13. The van der Waals surface area contributed by atoms with Crippen molar-refractivity contribution >= 4 is 16.6 Å². The number of benzene rings is 1. The average Bonchev–Trinajstić information content (AvgIpc) is 3.03. The third-order valence-electron chi connectivity index (χ3n) is 4.01. The minimum absolute atomic E-state index is 0.104. The predicted molar refractivity (Wildman–Crippen MR) is 90.0 cm³/mol. The van der Waals surface area contributed by atoms with Crippen molar-refractivity contribution in [2.45, 2.75) is 19.5 Å². The maximum absolute atomic E-state index is 4.41. The minimum atomic E-state index is 0.104. The Morgan fingerprint density at radius 2 is 2.04 bits per heavy atom. The molecule has 114 valence electrons. The highest BCUT2D eigenvalue weighted by atomic mass is 15.3. The summed E-state index contributed by atoms with van der Waals surface area (Å²) >= 11 is 0. The van der Waals surface area contributed by atoms with Crippen LogP contribution in [-0.4, -0.2) is 19.6 Å². The van der Waals surface area contributed by atoms with Crippen LogP contribution in [0.5, 0.6) is 0 Å². The number of rotatable bonds is 4. The van der Waals surface area contributed by atoms with Gasteiger partial charge in [0.15, 0.2) is 11.5 Å². The summed E-state index contributed by atoms with van der Waals surface area (Å²) in [6, 6.07) is 16.4. The molecule has 1 atom stereocenters. The maximum Gasteiger partial charge on any atom is 0.160 e. The van der Waals surface area contributed by atoms with Crippen molar-refractivity contribution in [1.82, 2.24) is 24.9 Å². The molecule has 0 saturated carbocycles. The standard InChI is InChI=1S/C18H17N5/c1-13(18-22-21-17-6-2-3-10-23(17)18)20-12-14-7-8-15-5-4-9-19-16(15)11-14/h2-11,13,20H,12H2,1H3. The van der Waals surface area contributed by atoms with Gasteiger partial charge in [-0.25, -0.2) is 0 Å². The summed E-state index contributed by atoms with van der Waals surface area (Å²) in [4.78, 5) is 4.41. The Balaban J connectivity index is 1.53. The van der Waals surface area contributed by atoms with Gasteiger partial charge in [0.1, 0.15) is 0 Å². The molecule has 0 fully saturated rings. The second-order valence-electron chi connectivity index (χ2n) is 5.62. The summed E-state index contributed by atoms with van der Waals surface area (Å²) in [6.45, 7) is 2.86. The average molecular weight is 303 g/mol. The Hall–Kier alpha value is -2.79. The lowest BCUT2D eigenvalue weighted by atomic mass is 10.1. The van der Waals surface area contributed by atoms with Gasteiger partial charge in [-0.2, -0.15) is 0 Å². The maximum atomic E-state index is 4.41. The highest BCUT2D eigenvalue weighted by Crippen LogP contribution is 2.15. The van der Waals surface area contributed by atoms with Gasteiger partial charge in [-0.3, -0.25) is 9.38 Å². The van der Waals surface area contributed by atoms with Gasteiger partial charge in [0.2, 0.25) is 0 Å². The van der Waals surface area contributed by atoms with Gasteiger partial charge in [-0.15, -0.1) is 10.2 Å². The van der Waals surface area contributed by atoms with E-state index in [1.54, 1.807) is 0 Å². The van der Waals surface area contributed by atoms with Crippen LogP contribution in [0, 0.1) is 0 Å². The molecule has 5 heteroatoms. The number of aromatic nitrogens is 4. The van der Waals surface area contributed by atoms with E-state index in [2.05, 4.69) is 51.7 Å². The van der Waals surface area contributed by atoms with E-state index >= 15 is 0 Å². The third kappa shape index (κ3) is 2.66. The quantitative estimate of drug-likeness (QED) is 0.629. The van der Waals surface area contributed by atoms with Crippen molar-refractivity contribution in [3.63, 3.8) is 0 Å². The summed E-state index contributed by atoms with van der Waals surface area (Å²) in [6.07, 6.45) is 3.81. The molecule has 0 amide bonds. The van der Waals surface area contributed by atoms with Crippen molar-refractivity contribution in [1.29, 1.82) is 0 Å². The van der Waals surface area contributed by atoms with E-state index < -0.39 is 0 Å².